The van der Waals surface area contributed by atoms with Crippen molar-refractivity contribution in [3.05, 3.63) is 41.7 Å². The second-order valence-electron chi connectivity index (χ2n) is 4.29. The minimum atomic E-state index is 0.151. The minimum Gasteiger partial charge on any atom is -0.352 e. The van der Waals surface area contributed by atoms with Gasteiger partial charge in [0.2, 0.25) is 0 Å². The summed E-state index contributed by atoms with van der Waals surface area (Å²) in [6.45, 7) is 2.11. The number of hydrogen-bond acceptors (Lipinski definition) is 5. The van der Waals surface area contributed by atoms with Crippen molar-refractivity contribution in [1.29, 1.82) is 5.26 Å². The maximum atomic E-state index is 8.83. The maximum Gasteiger partial charge on any atom is 0.149 e. The number of H-pyrrole nitrogens is 1. The van der Waals surface area contributed by atoms with E-state index in [9.17, 15) is 0 Å². The third-order valence-electron chi connectivity index (χ3n) is 3.05. The molecule has 0 bridgehead atoms. The van der Waals surface area contributed by atoms with E-state index < -0.39 is 0 Å². The molecule has 0 fully saturated rings. The lowest BCUT2D eigenvalue weighted by Gasteiger charge is -2.12. The van der Waals surface area contributed by atoms with Crippen molar-refractivity contribution in [3.8, 4) is 16.6 Å². The molecule has 0 radical (unpaired) electrons. The van der Waals surface area contributed by atoms with Crippen LogP contribution < -0.4 is 0 Å². The third kappa shape index (κ3) is 2.21. The Morgan fingerprint density at radius 3 is 3.05 bits per heavy atom. The summed E-state index contributed by atoms with van der Waals surface area (Å²) in [5.74, 6) is 0. The molecular formula is C13H12N6S. The lowest BCUT2D eigenvalue weighted by atomic mass is 10.2. The summed E-state index contributed by atoms with van der Waals surface area (Å²) >= 11 is 1.54. The van der Waals surface area contributed by atoms with Crippen LogP contribution in [0.1, 0.15) is 30.1 Å². The molecule has 1 unspecified atom stereocenters. The molecule has 3 aromatic rings. The first-order chi connectivity index (χ1) is 9.81. The zero-order chi connectivity index (χ0) is 13.9. The van der Waals surface area contributed by atoms with Gasteiger partial charge in [-0.2, -0.15) is 5.26 Å². The molecule has 0 aliphatic carbocycles. The number of aromatic nitrogens is 5. The molecule has 0 aromatic carbocycles. The molecule has 3 heterocycles. The molecule has 3 aromatic heterocycles. The van der Waals surface area contributed by atoms with E-state index in [-0.39, 0.29) is 6.04 Å². The lowest BCUT2D eigenvalue weighted by Crippen LogP contribution is -2.07. The van der Waals surface area contributed by atoms with Gasteiger partial charge in [0.1, 0.15) is 21.8 Å². The molecule has 100 valence electrons. The molecule has 7 heteroatoms. The molecule has 0 saturated heterocycles. The largest absolute Gasteiger partial charge is 0.352 e. The van der Waals surface area contributed by atoms with Gasteiger partial charge in [-0.05, 0) is 12.5 Å². The van der Waals surface area contributed by atoms with E-state index in [2.05, 4.69) is 33.2 Å². The number of rotatable bonds is 4. The summed E-state index contributed by atoms with van der Waals surface area (Å²) in [5.41, 5.74) is 1.42. The first-order valence-corrected chi connectivity index (χ1v) is 7.03. The predicted molar refractivity (Wildman–Crippen MR) is 75.1 cm³/mol. The Balaban J connectivity index is 1.91. The summed E-state index contributed by atoms with van der Waals surface area (Å²) in [6, 6.07) is 4.00. The van der Waals surface area contributed by atoms with E-state index >= 15 is 0 Å². The van der Waals surface area contributed by atoms with Crippen LogP contribution in [-0.2, 0) is 0 Å². The fourth-order valence-electron chi connectivity index (χ4n) is 2.04. The van der Waals surface area contributed by atoms with Gasteiger partial charge in [0.05, 0.1) is 12.4 Å². The Hall–Kier alpha value is -2.46. The second kappa shape index (κ2) is 5.27. The molecular weight excluding hydrogens is 272 g/mol. The number of aromatic amines is 1. The van der Waals surface area contributed by atoms with Crippen molar-refractivity contribution in [2.75, 3.05) is 0 Å². The molecule has 0 spiro atoms. The van der Waals surface area contributed by atoms with Crippen LogP contribution in [0.15, 0.2) is 31.0 Å². The van der Waals surface area contributed by atoms with Crippen molar-refractivity contribution in [2.45, 2.75) is 19.4 Å². The summed E-state index contributed by atoms with van der Waals surface area (Å²) < 4.78 is 2.03. The topological polar surface area (TPSA) is 83.2 Å². The number of hydrogen-bond donors (Lipinski definition) is 1. The van der Waals surface area contributed by atoms with E-state index in [0.29, 0.717) is 5.69 Å². The van der Waals surface area contributed by atoms with Crippen LogP contribution in [-0.4, -0.2) is 24.7 Å². The Morgan fingerprint density at radius 2 is 2.40 bits per heavy atom. The molecule has 0 aliphatic rings. The highest BCUT2D eigenvalue weighted by Gasteiger charge is 2.17. The van der Waals surface area contributed by atoms with E-state index in [4.69, 9.17) is 5.26 Å². The van der Waals surface area contributed by atoms with Gasteiger partial charge in [-0.15, -0.1) is 10.2 Å². The van der Waals surface area contributed by atoms with Gasteiger partial charge < -0.3 is 9.55 Å². The van der Waals surface area contributed by atoms with Crippen LogP contribution in [0.2, 0.25) is 0 Å². The normalized spacial score (nSPS) is 12.2. The molecule has 6 nitrogen and oxygen atoms in total. The Bertz CT molecular complexity index is 733. The number of nitriles is 1. The summed E-state index contributed by atoms with van der Waals surface area (Å²) in [4.78, 5) is 6.97. The summed E-state index contributed by atoms with van der Waals surface area (Å²) in [7, 11) is 0. The van der Waals surface area contributed by atoms with Crippen LogP contribution in [0.25, 0.3) is 10.6 Å². The molecule has 3 rings (SSSR count). The average Bonchev–Trinajstić information content (AvgIpc) is 3.21. The fraction of sp³-hybridized carbons (Fsp3) is 0.231. The second-order valence-corrected chi connectivity index (χ2v) is 5.30. The number of imidazole rings is 1. The van der Waals surface area contributed by atoms with Crippen LogP contribution in [0.3, 0.4) is 0 Å². The maximum absolute atomic E-state index is 8.83. The molecule has 1 atom stereocenters. The van der Waals surface area contributed by atoms with Crippen molar-refractivity contribution in [2.24, 2.45) is 0 Å². The quantitative estimate of drug-likeness (QED) is 0.798. The van der Waals surface area contributed by atoms with E-state index in [1.54, 1.807) is 36.1 Å². The van der Waals surface area contributed by atoms with Gasteiger partial charge in [-0.25, -0.2) is 4.98 Å². The van der Waals surface area contributed by atoms with E-state index in [1.807, 2.05) is 10.8 Å². The molecule has 0 aliphatic heterocycles. The van der Waals surface area contributed by atoms with Crippen LogP contribution in [0.5, 0.6) is 0 Å². The van der Waals surface area contributed by atoms with Crippen molar-refractivity contribution >= 4 is 11.3 Å². The van der Waals surface area contributed by atoms with E-state index in [1.165, 1.54) is 0 Å². The third-order valence-corrected chi connectivity index (χ3v) is 4.12. The first-order valence-electron chi connectivity index (χ1n) is 6.21. The Labute approximate surface area is 119 Å². The SMILES string of the molecule is CCC(c1nnc(-c2c[nH]c(C#N)c2)s1)n1ccnc1. The fourth-order valence-corrected chi connectivity index (χ4v) is 3.06. The average molecular weight is 284 g/mol. The zero-order valence-electron chi connectivity index (χ0n) is 10.8. The van der Waals surface area contributed by atoms with Gasteiger partial charge in [0.15, 0.2) is 0 Å². The van der Waals surface area contributed by atoms with Crippen LogP contribution in [0.4, 0.5) is 0 Å². The first kappa shape index (κ1) is 12.6. The smallest absolute Gasteiger partial charge is 0.149 e. The predicted octanol–water partition coefficient (Wildman–Crippen LogP) is 2.60. The number of nitrogens with zero attached hydrogens (tertiary/aromatic N) is 5. The van der Waals surface area contributed by atoms with Crippen LogP contribution in [0, 0.1) is 11.3 Å². The highest BCUT2D eigenvalue weighted by Crippen LogP contribution is 2.30. The van der Waals surface area contributed by atoms with Crippen molar-refractivity contribution in [1.82, 2.24) is 24.7 Å². The van der Waals surface area contributed by atoms with Gasteiger partial charge in [0.25, 0.3) is 0 Å². The van der Waals surface area contributed by atoms with Crippen molar-refractivity contribution in [3.63, 3.8) is 0 Å². The highest BCUT2D eigenvalue weighted by atomic mass is 32.1. The van der Waals surface area contributed by atoms with Crippen molar-refractivity contribution < 1.29 is 0 Å². The van der Waals surface area contributed by atoms with Gasteiger partial charge in [-0.3, -0.25) is 0 Å². The molecule has 1 N–H and O–H groups in total. The van der Waals surface area contributed by atoms with Gasteiger partial charge in [-0.1, -0.05) is 18.3 Å². The summed E-state index contributed by atoms with van der Waals surface area (Å²) in [6.07, 6.45) is 8.18. The molecule has 0 amide bonds. The standard InChI is InChI=1S/C13H12N6S/c1-2-11(19-4-3-15-8-19)13-18-17-12(20-13)9-5-10(6-14)16-7-9/h3-5,7-8,11,16H,2H2,1H3. The Morgan fingerprint density at radius 1 is 1.50 bits per heavy atom. The van der Waals surface area contributed by atoms with Gasteiger partial charge in [0, 0.05) is 24.2 Å². The summed E-state index contributed by atoms with van der Waals surface area (Å²) in [5, 5.41) is 19.1. The zero-order valence-corrected chi connectivity index (χ0v) is 11.6. The lowest BCUT2D eigenvalue weighted by molar-refractivity contribution is 0.558. The molecule has 0 saturated carbocycles. The monoisotopic (exact) mass is 284 g/mol. The van der Waals surface area contributed by atoms with Crippen LogP contribution >= 0.6 is 11.3 Å². The van der Waals surface area contributed by atoms with E-state index in [0.717, 1.165) is 22.0 Å². The molecule has 20 heavy (non-hydrogen) atoms. The van der Waals surface area contributed by atoms with Gasteiger partial charge >= 0.3 is 0 Å². The Kier molecular flexibility index (Phi) is 3.31. The minimum absolute atomic E-state index is 0.151. The highest BCUT2D eigenvalue weighted by molar-refractivity contribution is 7.14. The number of nitrogens with one attached hydrogen (secondary N) is 1.